The second-order valence-corrected chi connectivity index (χ2v) is 4.03. The van der Waals surface area contributed by atoms with E-state index in [1.807, 2.05) is 6.92 Å². The quantitative estimate of drug-likeness (QED) is 0.582. The summed E-state index contributed by atoms with van der Waals surface area (Å²) in [4.78, 5) is 4.22. The molecule has 0 atom stereocenters. The Morgan fingerprint density at radius 2 is 2.56 bits per heavy atom. The van der Waals surface area contributed by atoms with E-state index in [1.54, 1.807) is 23.5 Å². The highest BCUT2D eigenvalue weighted by molar-refractivity contribution is 8.29. The van der Waals surface area contributed by atoms with Crippen molar-refractivity contribution in [1.82, 2.24) is 0 Å². The van der Waals surface area contributed by atoms with Gasteiger partial charge in [0.2, 0.25) is 0 Å². The molecule has 0 amide bonds. The summed E-state index contributed by atoms with van der Waals surface area (Å²) in [6.45, 7) is 2.92. The van der Waals surface area contributed by atoms with Crippen LogP contribution in [0.5, 0.6) is 0 Å². The van der Waals surface area contributed by atoms with E-state index < -0.39 is 0 Å². The summed E-state index contributed by atoms with van der Waals surface area (Å²) in [7, 11) is 0. The lowest BCUT2D eigenvalue weighted by Gasteiger charge is -2.06. The number of hydrogen-bond acceptors (Lipinski definition) is 3. The molecular formula is C6H9NS2. The molecule has 0 bridgehead atoms. The van der Waals surface area contributed by atoms with Crippen LogP contribution in [0.2, 0.25) is 0 Å². The minimum absolute atomic E-state index is 0.870. The first-order valence-electron chi connectivity index (χ1n) is 2.76. The van der Waals surface area contributed by atoms with Crippen LogP contribution in [-0.4, -0.2) is 17.8 Å². The molecule has 0 saturated heterocycles. The van der Waals surface area contributed by atoms with Crippen molar-refractivity contribution in [2.24, 2.45) is 4.99 Å². The average molecular weight is 159 g/mol. The van der Waals surface area contributed by atoms with Crippen molar-refractivity contribution in [2.45, 2.75) is 6.92 Å². The van der Waals surface area contributed by atoms with Gasteiger partial charge in [-0.25, -0.2) is 0 Å². The molecule has 1 rings (SSSR count). The van der Waals surface area contributed by atoms with Crippen molar-refractivity contribution in [1.29, 1.82) is 0 Å². The van der Waals surface area contributed by atoms with E-state index in [-0.39, 0.29) is 0 Å². The minimum atomic E-state index is 0.870. The van der Waals surface area contributed by atoms with Crippen LogP contribution in [0.3, 0.4) is 0 Å². The molecule has 0 spiro atoms. The van der Waals surface area contributed by atoms with Crippen LogP contribution in [0.1, 0.15) is 6.92 Å². The Labute approximate surface area is 64.0 Å². The Balaban J connectivity index is 2.51. The van der Waals surface area contributed by atoms with E-state index in [0.29, 0.717) is 0 Å². The van der Waals surface area contributed by atoms with Gasteiger partial charge >= 0.3 is 0 Å². The van der Waals surface area contributed by atoms with Crippen LogP contribution in [-0.2, 0) is 0 Å². The number of nitrogens with zero attached hydrogens (tertiary/aromatic N) is 1. The second-order valence-electron chi connectivity index (χ2n) is 1.69. The third-order valence-electron chi connectivity index (χ3n) is 1.02. The largest absolute Gasteiger partial charge is 0.279 e. The Hall–Kier alpha value is 0.110. The van der Waals surface area contributed by atoms with Crippen LogP contribution in [0.15, 0.2) is 15.3 Å². The van der Waals surface area contributed by atoms with Crippen molar-refractivity contribution < 1.29 is 0 Å². The van der Waals surface area contributed by atoms with Gasteiger partial charge in [0, 0.05) is 4.24 Å². The molecule has 1 heterocycles. The van der Waals surface area contributed by atoms with Gasteiger partial charge in [0.05, 0.1) is 11.6 Å². The van der Waals surface area contributed by atoms with Crippen molar-refractivity contribution in [3.63, 3.8) is 0 Å². The van der Waals surface area contributed by atoms with Crippen LogP contribution in [0, 0.1) is 0 Å². The van der Waals surface area contributed by atoms with Crippen LogP contribution < -0.4 is 0 Å². The summed E-state index contributed by atoms with van der Waals surface area (Å²) < 4.78 is 1.38. The number of rotatable bonds is 1. The minimum Gasteiger partial charge on any atom is -0.279 e. The number of aliphatic imine (C=N–C) groups is 1. The smallest absolute Gasteiger partial charge is 0.0701 e. The molecule has 1 nitrogen and oxygen atoms in total. The van der Waals surface area contributed by atoms with Crippen molar-refractivity contribution >= 4 is 28.6 Å². The zero-order valence-corrected chi connectivity index (χ0v) is 7.18. The lowest BCUT2D eigenvalue weighted by molar-refractivity contribution is 1.25. The molecule has 0 saturated carbocycles. The maximum Gasteiger partial charge on any atom is 0.0701 e. The fourth-order valence-corrected chi connectivity index (χ4v) is 2.12. The van der Waals surface area contributed by atoms with Gasteiger partial charge in [-0.2, -0.15) is 0 Å². The predicted octanol–water partition coefficient (Wildman–Crippen LogP) is 2.36. The Morgan fingerprint density at radius 1 is 1.78 bits per heavy atom. The maximum absolute atomic E-state index is 4.22. The van der Waals surface area contributed by atoms with Crippen LogP contribution in [0.4, 0.5) is 0 Å². The highest BCUT2D eigenvalue weighted by Crippen LogP contribution is 2.29. The van der Waals surface area contributed by atoms with Gasteiger partial charge < -0.3 is 0 Å². The Morgan fingerprint density at radius 3 is 3.00 bits per heavy atom. The van der Waals surface area contributed by atoms with E-state index in [2.05, 4.69) is 17.3 Å². The van der Waals surface area contributed by atoms with Gasteiger partial charge in [-0.15, -0.1) is 11.8 Å². The lowest BCUT2D eigenvalue weighted by Crippen LogP contribution is -1.92. The molecular weight excluding hydrogens is 150 g/mol. The molecule has 0 N–H and O–H groups in total. The van der Waals surface area contributed by atoms with Gasteiger partial charge in [0.25, 0.3) is 0 Å². The van der Waals surface area contributed by atoms with Gasteiger partial charge in [-0.3, -0.25) is 4.99 Å². The molecule has 0 aliphatic carbocycles. The predicted molar refractivity (Wildman–Crippen MR) is 47.2 cm³/mol. The molecule has 9 heavy (non-hydrogen) atoms. The summed E-state index contributed by atoms with van der Waals surface area (Å²) in [5.41, 5.74) is 0. The number of thioether (sulfide) groups is 2. The van der Waals surface area contributed by atoms with E-state index in [1.165, 1.54) is 9.28 Å². The molecule has 0 aromatic heterocycles. The zero-order chi connectivity index (χ0) is 6.69. The normalized spacial score (nSPS) is 18.9. The molecule has 0 aromatic rings. The van der Waals surface area contributed by atoms with Gasteiger partial charge in [0.1, 0.15) is 0 Å². The summed E-state index contributed by atoms with van der Waals surface area (Å²) in [6, 6.07) is 0. The van der Waals surface area contributed by atoms with E-state index >= 15 is 0 Å². The fraction of sp³-hybridized carbons (Fsp3) is 0.500. The first-order valence-corrected chi connectivity index (χ1v) is 4.80. The highest BCUT2D eigenvalue weighted by atomic mass is 32.2. The van der Waals surface area contributed by atoms with Gasteiger partial charge in [-0.1, -0.05) is 11.8 Å². The highest BCUT2D eigenvalue weighted by Gasteiger charge is 2.02. The SMILES string of the molecule is CSC1=CCN=C(C)S1. The topological polar surface area (TPSA) is 12.4 Å². The fourth-order valence-electron chi connectivity index (χ4n) is 0.593. The standard InChI is InChI=1S/C6H9NS2/c1-5-7-4-3-6(8-2)9-5/h3H,4H2,1-2H3. The zero-order valence-electron chi connectivity index (χ0n) is 5.55. The average Bonchev–Trinajstić information content (AvgIpc) is 1.88. The van der Waals surface area contributed by atoms with Gasteiger partial charge in [0.15, 0.2) is 0 Å². The maximum atomic E-state index is 4.22. The van der Waals surface area contributed by atoms with E-state index in [9.17, 15) is 0 Å². The van der Waals surface area contributed by atoms with Crippen molar-refractivity contribution in [3.05, 3.63) is 10.3 Å². The van der Waals surface area contributed by atoms with Crippen LogP contribution >= 0.6 is 23.5 Å². The molecule has 0 unspecified atom stereocenters. The first-order chi connectivity index (χ1) is 4.33. The molecule has 50 valence electrons. The molecule has 0 radical (unpaired) electrons. The monoisotopic (exact) mass is 159 g/mol. The molecule has 0 aromatic carbocycles. The van der Waals surface area contributed by atoms with Gasteiger partial charge in [-0.05, 0) is 19.3 Å². The summed E-state index contributed by atoms with van der Waals surface area (Å²) in [5.74, 6) is 0. The van der Waals surface area contributed by atoms with Crippen molar-refractivity contribution in [3.8, 4) is 0 Å². The third-order valence-corrected chi connectivity index (χ3v) is 3.13. The van der Waals surface area contributed by atoms with Crippen molar-refractivity contribution in [2.75, 3.05) is 12.8 Å². The summed E-state index contributed by atoms with van der Waals surface area (Å²) in [6.07, 6.45) is 4.25. The first kappa shape index (κ1) is 7.22. The second kappa shape index (κ2) is 3.32. The van der Waals surface area contributed by atoms with Crippen LogP contribution in [0.25, 0.3) is 0 Å². The molecule has 3 heteroatoms. The lowest BCUT2D eigenvalue weighted by atomic mass is 10.6. The molecule has 0 fully saturated rings. The summed E-state index contributed by atoms with van der Waals surface area (Å²) in [5, 5.41) is 1.18. The Kier molecular flexibility index (Phi) is 2.66. The number of hydrogen-bond donors (Lipinski definition) is 0. The van der Waals surface area contributed by atoms with E-state index in [4.69, 9.17) is 0 Å². The third kappa shape index (κ3) is 2.06. The Bertz CT molecular complexity index is 160. The van der Waals surface area contributed by atoms with E-state index in [0.717, 1.165) is 6.54 Å². The molecule has 1 aliphatic heterocycles. The summed E-state index contributed by atoms with van der Waals surface area (Å²) >= 11 is 3.55. The molecule has 1 aliphatic rings.